The van der Waals surface area contributed by atoms with Gasteiger partial charge in [0.2, 0.25) is 5.43 Å². The van der Waals surface area contributed by atoms with Crippen LogP contribution in [0.1, 0.15) is 23.7 Å². The summed E-state index contributed by atoms with van der Waals surface area (Å²) >= 11 is 0. The zero-order chi connectivity index (χ0) is 19.1. The van der Waals surface area contributed by atoms with Gasteiger partial charge < -0.3 is 14.3 Å². The predicted octanol–water partition coefficient (Wildman–Crippen LogP) is 2.68. The molecule has 0 spiro atoms. The van der Waals surface area contributed by atoms with Crippen LogP contribution in [-0.4, -0.2) is 30.7 Å². The molecule has 2 aromatic carbocycles. The molecule has 0 saturated heterocycles. The third-order valence-corrected chi connectivity index (χ3v) is 4.57. The molecule has 0 saturated carbocycles. The number of carbonyl (C=O) groups is 1. The summed E-state index contributed by atoms with van der Waals surface area (Å²) in [5.41, 5.74) is -1.06. The normalized spacial score (nSPS) is 11.8. The molecular weight excluding hydrogens is 364 g/mol. The van der Waals surface area contributed by atoms with E-state index in [-0.39, 0.29) is 39.9 Å². The van der Waals surface area contributed by atoms with Gasteiger partial charge in [0, 0.05) is 6.07 Å². The lowest BCUT2D eigenvalue weighted by Crippen LogP contribution is -2.08. The maximum Gasteiger partial charge on any atom is 0.335 e. The van der Waals surface area contributed by atoms with Gasteiger partial charge in [0.1, 0.15) is 16.2 Å². The highest BCUT2D eigenvalue weighted by Crippen LogP contribution is 2.30. The molecule has 9 heteroatoms. The molecule has 1 heterocycles. The van der Waals surface area contributed by atoms with Gasteiger partial charge in [-0.3, -0.25) is 9.35 Å². The van der Waals surface area contributed by atoms with E-state index in [0.29, 0.717) is 6.42 Å². The molecule has 3 rings (SSSR count). The molecule has 0 radical (unpaired) electrons. The number of rotatable bonds is 5. The second-order valence-electron chi connectivity index (χ2n) is 5.57. The fourth-order valence-electron chi connectivity index (χ4n) is 2.53. The fraction of sp³-hybridized carbons (Fsp3) is 0.176. The minimum absolute atomic E-state index is 0.000346. The Morgan fingerprint density at radius 2 is 1.92 bits per heavy atom. The van der Waals surface area contributed by atoms with E-state index in [2.05, 4.69) is 0 Å². The molecule has 1 aromatic heterocycles. The maximum absolute atomic E-state index is 12.8. The monoisotopic (exact) mass is 378 g/mol. The van der Waals surface area contributed by atoms with Crippen LogP contribution < -0.4 is 10.2 Å². The Labute approximate surface area is 147 Å². The minimum atomic E-state index is -4.69. The highest BCUT2D eigenvalue weighted by molar-refractivity contribution is 7.86. The number of aromatic carboxylic acids is 1. The molecule has 0 aliphatic heterocycles. The molecule has 0 unspecified atom stereocenters. The van der Waals surface area contributed by atoms with Crippen LogP contribution in [0.5, 0.6) is 5.75 Å². The number of fused-ring (bicyclic) bond motifs is 2. The van der Waals surface area contributed by atoms with Gasteiger partial charge >= 0.3 is 5.97 Å². The second kappa shape index (κ2) is 6.43. The summed E-state index contributed by atoms with van der Waals surface area (Å²) in [5, 5.41) is 8.92. The lowest BCUT2D eigenvalue weighted by atomic mass is 10.1. The van der Waals surface area contributed by atoms with Crippen molar-refractivity contribution in [3.8, 4) is 5.75 Å². The molecule has 0 bridgehead atoms. The van der Waals surface area contributed by atoms with Crippen LogP contribution in [0.4, 0.5) is 0 Å². The maximum atomic E-state index is 12.8. The minimum Gasteiger partial charge on any atom is -0.494 e. The van der Waals surface area contributed by atoms with E-state index in [1.807, 2.05) is 6.92 Å². The number of hydrogen-bond donors (Lipinski definition) is 2. The van der Waals surface area contributed by atoms with E-state index < -0.39 is 26.4 Å². The Balaban J connectivity index is 2.43. The van der Waals surface area contributed by atoms with Crippen molar-refractivity contribution in [3.63, 3.8) is 0 Å². The summed E-state index contributed by atoms with van der Waals surface area (Å²) in [6.07, 6.45) is 0.646. The van der Waals surface area contributed by atoms with Crippen LogP contribution in [0.3, 0.4) is 0 Å². The average molecular weight is 378 g/mol. The van der Waals surface area contributed by atoms with E-state index in [1.54, 1.807) is 0 Å². The van der Waals surface area contributed by atoms with Crippen LogP contribution in [0, 0.1) is 0 Å². The van der Waals surface area contributed by atoms with Gasteiger partial charge in [0.25, 0.3) is 10.1 Å². The summed E-state index contributed by atoms with van der Waals surface area (Å²) in [5.74, 6) is -1.14. The third kappa shape index (κ3) is 3.14. The summed E-state index contributed by atoms with van der Waals surface area (Å²) in [6, 6.07) is 6.02. The number of hydrogen-bond acceptors (Lipinski definition) is 6. The van der Waals surface area contributed by atoms with Crippen molar-refractivity contribution in [1.29, 1.82) is 0 Å². The predicted molar refractivity (Wildman–Crippen MR) is 92.5 cm³/mol. The quantitative estimate of drug-likeness (QED) is 0.512. The molecule has 0 aliphatic carbocycles. The molecule has 3 aromatic rings. The first-order valence-electron chi connectivity index (χ1n) is 7.60. The first-order valence-corrected chi connectivity index (χ1v) is 9.04. The average Bonchev–Trinajstić information content (AvgIpc) is 2.58. The van der Waals surface area contributed by atoms with Crippen LogP contribution in [0.25, 0.3) is 21.9 Å². The zero-order valence-corrected chi connectivity index (χ0v) is 14.4. The van der Waals surface area contributed by atoms with Gasteiger partial charge in [-0.05, 0) is 30.7 Å². The van der Waals surface area contributed by atoms with Crippen molar-refractivity contribution >= 4 is 38.0 Å². The molecule has 2 N–H and O–H groups in total. The van der Waals surface area contributed by atoms with E-state index in [1.165, 1.54) is 18.2 Å². The number of ether oxygens (including phenoxy) is 1. The molecule has 0 fully saturated rings. The Hall–Kier alpha value is -2.91. The van der Waals surface area contributed by atoms with Crippen molar-refractivity contribution in [3.05, 3.63) is 46.1 Å². The number of carboxylic acid groups (broad SMARTS) is 1. The molecule has 8 nitrogen and oxygen atoms in total. The number of benzene rings is 2. The smallest absolute Gasteiger partial charge is 0.335 e. The highest BCUT2D eigenvalue weighted by Gasteiger charge is 2.22. The molecule has 0 aliphatic rings. The van der Waals surface area contributed by atoms with E-state index in [9.17, 15) is 22.6 Å². The molecular formula is C17H14O8S. The Kier molecular flexibility index (Phi) is 4.43. The fourth-order valence-corrected chi connectivity index (χ4v) is 3.18. The SMILES string of the molecule is CCCOc1cc(S(=O)(=O)O)c2oc3ccc(C(=O)O)cc3c(=O)c2c1. The molecule has 26 heavy (non-hydrogen) atoms. The number of carboxylic acids is 1. The van der Waals surface area contributed by atoms with Crippen molar-refractivity contribution < 1.29 is 32.0 Å². The Bertz CT molecular complexity index is 1190. The summed E-state index contributed by atoms with van der Waals surface area (Å²) in [7, 11) is -4.69. The Morgan fingerprint density at radius 1 is 1.19 bits per heavy atom. The largest absolute Gasteiger partial charge is 0.494 e. The summed E-state index contributed by atoms with van der Waals surface area (Å²) < 4.78 is 43.8. The van der Waals surface area contributed by atoms with Gasteiger partial charge in [0.15, 0.2) is 5.58 Å². The second-order valence-corrected chi connectivity index (χ2v) is 6.96. The summed E-state index contributed by atoms with van der Waals surface area (Å²) in [4.78, 5) is 23.3. The van der Waals surface area contributed by atoms with Gasteiger partial charge in [-0.1, -0.05) is 6.92 Å². The van der Waals surface area contributed by atoms with Crippen molar-refractivity contribution in [2.75, 3.05) is 6.61 Å². The van der Waals surface area contributed by atoms with Crippen LogP contribution in [0.15, 0.2) is 44.4 Å². The summed E-state index contributed by atoms with van der Waals surface area (Å²) in [6.45, 7) is 2.12. The van der Waals surface area contributed by atoms with Gasteiger partial charge in [-0.25, -0.2) is 4.79 Å². The molecule has 136 valence electrons. The van der Waals surface area contributed by atoms with Gasteiger partial charge in [-0.2, -0.15) is 8.42 Å². The first kappa shape index (κ1) is 17.9. The van der Waals surface area contributed by atoms with E-state index in [0.717, 1.165) is 12.1 Å². The van der Waals surface area contributed by atoms with Gasteiger partial charge in [0.05, 0.1) is 22.9 Å². The van der Waals surface area contributed by atoms with Crippen LogP contribution in [0.2, 0.25) is 0 Å². The Morgan fingerprint density at radius 3 is 2.54 bits per heavy atom. The molecule has 0 amide bonds. The molecule has 0 atom stereocenters. The van der Waals surface area contributed by atoms with E-state index in [4.69, 9.17) is 14.3 Å². The van der Waals surface area contributed by atoms with Crippen molar-refractivity contribution in [2.45, 2.75) is 18.2 Å². The zero-order valence-electron chi connectivity index (χ0n) is 13.6. The topological polar surface area (TPSA) is 131 Å². The first-order chi connectivity index (χ1) is 12.2. The lowest BCUT2D eigenvalue weighted by molar-refractivity contribution is 0.0697. The lowest BCUT2D eigenvalue weighted by Gasteiger charge is -2.10. The van der Waals surface area contributed by atoms with Crippen LogP contribution >= 0.6 is 0 Å². The highest BCUT2D eigenvalue weighted by atomic mass is 32.2. The third-order valence-electron chi connectivity index (χ3n) is 3.71. The van der Waals surface area contributed by atoms with Crippen molar-refractivity contribution in [2.24, 2.45) is 0 Å². The van der Waals surface area contributed by atoms with Crippen LogP contribution in [-0.2, 0) is 10.1 Å². The van der Waals surface area contributed by atoms with Crippen molar-refractivity contribution in [1.82, 2.24) is 0 Å². The van der Waals surface area contributed by atoms with E-state index >= 15 is 0 Å². The standard InChI is InChI=1S/C17H14O8S/c1-2-5-24-10-7-12-15(18)11-6-9(17(19)20)3-4-13(11)25-16(12)14(8-10)26(21,22)23/h3-4,6-8H,2,5H2,1H3,(H,19,20)(H,21,22,23). The van der Waals surface area contributed by atoms with Gasteiger partial charge in [-0.15, -0.1) is 0 Å².